The van der Waals surface area contributed by atoms with E-state index in [1.807, 2.05) is 25.1 Å². The second kappa shape index (κ2) is 7.59. The van der Waals surface area contributed by atoms with Crippen LogP contribution >= 0.6 is 0 Å². The standard InChI is InChI=1S/C22H25NO/c1-17(2)22(24)21(20-11-7-4-8-12-20)23-15-13-19(14-16-23)18-9-5-3-6-10-18/h3-12,19,21H,1,13-16H2,2H3. The van der Waals surface area contributed by atoms with Crippen LogP contribution < -0.4 is 0 Å². The normalized spacial score (nSPS) is 17.4. The maximum absolute atomic E-state index is 12.8. The molecule has 1 fully saturated rings. The van der Waals surface area contributed by atoms with Gasteiger partial charge in [0.2, 0.25) is 0 Å². The minimum Gasteiger partial charge on any atom is -0.292 e. The van der Waals surface area contributed by atoms with Crippen LogP contribution in [0.1, 0.15) is 42.9 Å². The zero-order valence-electron chi connectivity index (χ0n) is 14.3. The van der Waals surface area contributed by atoms with Gasteiger partial charge in [0.15, 0.2) is 5.78 Å². The highest BCUT2D eigenvalue weighted by atomic mass is 16.1. The summed E-state index contributed by atoms with van der Waals surface area (Å²) in [4.78, 5) is 15.1. The van der Waals surface area contributed by atoms with Gasteiger partial charge in [-0.05, 0) is 55.5 Å². The summed E-state index contributed by atoms with van der Waals surface area (Å²) in [5.74, 6) is 0.734. The Kier molecular flexibility index (Phi) is 5.27. The second-order valence-electron chi connectivity index (χ2n) is 6.68. The number of Topliss-reactive ketones (excluding diaryl/α,β-unsaturated/α-hetero) is 1. The zero-order valence-corrected chi connectivity index (χ0v) is 14.3. The molecule has 1 atom stereocenters. The van der Waals surface area contributed by atoms with Gasteiger partial charge in [-0.1, -0.05) is 67.2 Å². The van der Waals surface area contributed by atoms with E-state index >= 15 is 0 Å². The highest BCUT2D eigenvalue weighted by Crippen LogP contribution is 2.33. The number of benzene rings is 2. The van der Waals surface area contributed by atoms with Crippen molar-refractivity contribution in [1.29, 1.82) is 0 Å². The van der Waals surface area contributed by atoms with E-state index in [0.29, 0.717) is 11.5 Å². The second-order valence-corrected chi connectivity index (χ2v) is 6.68. The largest absolute Gasteiger partial charge is 0.292 e. The molecule has 2 aromatic carbocycles. The Hall–Kier alpha value is -2.19. The van der Waals surface area contributed by atoms with E-state index in [1.165, 1.54) is 5.56 Å². The molecule has 1 heterocycles. The predicted molar refractivity (Wildman–Crippen MR) is 99.0 cm³/mol. The highest BCUT2D eigenvalue weighted by Gasteiger charge is 2.31. The Labute approximate surface area is 144 Å². The van der Waals surface area contributed by atoms with Crippen LogP contribution in [0.25, 0.3) is 0 Å². The van der Waals surface area contributed by atoms with Crippen LogP contribution in [0.5, 0.6) is 0 Å². The van der Waals surface area contributed by atoms with E-state index in [0.717, 1.165) is 31.5 Å². The average Bonchev–Trinajstić information content (AvgIpc) is 2.64. The van der Waals surface area contributed by atoms with Crippen molar-refractivity contribution >= 4 is 5.78 Å². The number of carbonyl (C=O) groups is 1. The molecular weight excluding hydrogens is 294 g/mol. The van der Waals surface area contributed by atoms with Crippen LogP contribution in [0, 0.1) is 0 Å². The van der Waals surface area contributed by atoms with E-state index in [4.69, 9.17) is 0 Å². The molecule has 1 aliphatic rings. The van der Waals surface area contributed by atoms with Gasteiger partial charge in [0.25, 0.3) is 0 Å². The van der Waals surface area contributed by atoms with E-state index in [9.17, 15) is 4.79 Å². The highest BCUT2D eigenvalue weighted by molar-refractivity contribution is 5.99. The first-order valence-electron chi connectivity index (χ1n) is 8.70. The SMILES string of the molecule is C=C(C)C(=O)C(c1ccccc1)N1CCC(c2ccccc2)CC1. The Bertz CT molecular complexity index is 684. The molecule has 2 heteroatoms. The molecule has 0 radical (unpaired) electrons. The number of ketones is 1. The van der Waals surface area contributed by atoms with E-state index in [2.05, 4.69) is 53.9 Å². The molecule has 3 rings (SSSR count). The molecule has 0 bridgehead atoms. The minimum atomic E-state index is -0.194. The fraction of sp³-hybridized carbons (Fsp3) is 0.318. The van der Waals surface area contributed by atoms with E-state index < -0.39 is 0 Å². The fourth-order valence-electron chi connectivity index (χ4n) is 3.61. The Balaban J connectivity index is 1.76. The molecule has 2 nitrogen and oxygen atoms in total. The molecular formula is C22H25NO. The van der Waals surface area contributed by atoms with Crippen molar-refractivity contribution in [3.8, 4) is 0 Å². The van der Waals surface area contributed by atoms with Gasteiger partial charge in [0.1, 0.15) is 0 Å². The number of hydrogen-bond donors (Lipinski definition) is 0. The van der Waals surface area contributed by atoms with Crippen molar-refractivity contribution in [2.24, 2.45) is 0 Å². The summed E-state index contributed by atoms with van der Waals surface area (Å²) in [5.41, 5.74) is 3.12. The topological polar surface area (TPSA) is 20.3 Å². The summed E-state index contributed by atoms with van der Waals surface area (Å²) < 4.78 is 0. The van der Waals surface area contributed by atoms with Crippen LogP contribution in [0.4, 0.5) is 0 Å². The number of likely N-dealkylation sites (tertiary alicyclic amines) is 1. The summed E-state index contributed by atoms with van der Waals surface area (Å²) in [5, 5.41) is 0. The molecule has 0 aromatic heterocycles. The number of carbonyl (C=O) groups excluding carboxylic acids is 1. The van der Waals surface area contributed by atoms with Gasteiger partial charge in [-0.3, -0.25) is 9.69 Å². The molecule has 1 unspecified atom stereocenters. The number of hydrogen-bond acceptors (Lipinski definition) is 2. The predicted octanol–water partition coefficient (Wildman–Crippen LogP) is 4.75. The molecule has 24 heavy (non-hydrogen) atoms. The first kappa shape index (κ1) is 16.7. The molecule has 0 saturated carbocycles. The van der Waals surface area contributed by atoms with Crippen LogP contribution in [0.2, 0.25) is 0 Å². The van der Waals surface area contributed by atoms with Crippen molar-refractivity contribution in [2.75, 3.05) is 13.1 Å². The number of piperidine rings is 1. The van der Waals surface area contributed by atoms with Crippen molar-refractivity contribution in [3.63, 3.8) is 0 Å². The van der Waals surface area contributed by atoms with Gasteiger partial charge in [0.05, 0.1) is 6.04 Å². The maximum Gasteiger partial charge on any atom is 0.179 e. The monoisotopic (exact) mass is 319 g/mol. The van der Waals surface area contributed by atoms with Gasteiger partial charge >= 0.3 is 0 Å². The lowest BCUT2D eigenvalue weighted by Gasteiger charge is -2.37. The first-order valence-corrected chi connectivity index (χ1v) is 8.70. The zero-order chi connectivity index (χ0) is 16.9. The van der Waals surface area contributed by atoms with Crippen molar-refractivity contribution in [1.82, 2.24) is 4.90 Å². The van der Waals surface area contributed by atoms with E-state index in [1.54, 1.807) is 0 Å². The summed E-state index contributed by atoms with van der Waals surface area (Å²) in [6.07, 6.45) is 2.19. The number of nitrogens with zero attached hydrogens (tertiary/aromatic N) is 1. The minimum absolute atomic E-state index is 0.138. The van der Waals surface area contributed by atoms with Gasteiger partial charge in [-0.25, -0.2) is 0 Å². The first-order chi connectivity index (χ1) is 11.7. The Morgan fingerprint density at radius 3 is 2.08 bits per heavy atom. The fourth-order valence-corrected chi connectivity index (χ4v) is 3.61. The molecule has 124 valence electrons. The molecule has 0 amide bonds. The van der Waals surface area contributed by atoms with Crippen LogP contribution in [-0.4, -0.2) is 23.8 Å². The summed E-state index contributed by atoms with van der Waals surface area (Å²) in [6.45, 7) is 7.58. The molecule has 1 aliphatic heterocycles. The molecule has 2 aromatic rings. The smallest absolute Gasteiger partial charge is 0.179 e. The number of rotatable bonds is 5. The lowest BCUT2D eigenvalue weighted by atomic mass is 9.87. The molecule has 0 spiro atoms. The van der Waals surface area contributed by atoms with E-state index in [-0.39, 0.29) is 11.8 Å². The van der Waals surface area contributed by atoms with Crippen LogP contribution in [-0.2, 0) is 4.79 Å². The summed E-state index contributed by atoms with van der Waals surface area (Å²) in [6, 6.07) is 20.6. The average molecular weight is 319 g/mol. The Morgan fingerprint density at radius 1 is 1.00 bits per heavy atom. The van der Waals surface area contributed by atoms with Crippen molar-refractivity contribution in [3.05, 3.63) is 83.9 Å². The summed E-state index contributed by atoms with van der Waals surface area (Å²) in [7, 11) is 0. The Morgan fingerprint density at radius 2 is 1.54 bits per heavy atom. The maximum atomic E-state index is 12.8. The quantitative estimate of drug-likeness (QED) is 0.741. The third-order valence-electron chi connectivity index (χ3n) is 4.95. The van der Waals surface area contributed by atoms with Gasteiger partial charge < -0.3 is 0 Å². The van der Waals surface area contributed by atoms with Crippen molar-refractivity contribution < 1.29 is 4.79 Å². The third kappa shape index (κ3) is 3.65. The summed E-state index contributed by atoms with van der Waals surface area (Å²) >= 11 is 0. The van der Waals surface area contributed by atoms with Crippen LogP contribution in [0.15, 0.2) is 72.8 Å². The van der Waals surface area contributed by atoms with Gasteiger partial charge in [0, 0.05) is 0 Å². The van der Waals surface area contributed by atoms with Gasteiger partial charge in [-0.2, -0.15) is 0 Å². The molecule has 1 saturated heterocycles. The lowest BCUT2D eigenvalue weighted by Crippen LogP contribution is -2.40. The van der Waals surface area contributed by atoms with Crippen molar-refractivity contribution in [2.45, 2.75) is 31.7 Å². The molecule has 0 aliphatic carbocycles. The van der Waals surface area contributed by atoms with Gasteiger partial charge in [-0.15, -0.1) is 0 Å². The molecule has 0 N–H and O–H groups in total. The third-order valence-corrected chi connectivity index (χ3v) is 4.95. The van der Waals surface area contributed by atoms with Crippen LogP contribution in [0.3, 0.4) is 0 Å². The lowest BCUT2D eigenvalue weighted by molar-refractivity contribution is -0.121.